The summed E-state index contributed by atoms with van der Waals surface area (Å²) in [5, 5.41) is 10.9. The van der Waals surface area contributed by atoms with E-state index in [0.29, 0.717) is 5.92 Å². The molecule has 0 spiro atoms. The van der Waals surface area contributed by atoms with Gasteiger partial charge in [-0.3, -0.25) is 0 Å². The lowest BCUT2D eigenvalue weighted by Gasteiger charge is -2.44. The minimum absolute atomic E-state index is 0.148. The zero-order valence-corrected chi connectivity index (χ0v) is 11.2. The highest BCUT2D eigenvalue weighted by molar-refractivity contribution is 7.09. The molecule has 0 aromatic carbocycles. The molecule has 4 heteroatoms. The van der Waals surface area contributed by atoms with Gasteiger partial charge in [-0.15, -0.1) is 11.3 Å². The van der Waals surface area contributed by atoms with Gasteiger partial charge in [-0.1, -0.05) is 6.92 Å². The molecule has 1 aliphatic heterocycles. The molecule has 1 aromatic heterocycles. The van der Waals surface area contributed by atoms with Crippen LogP contribution in [-0.4, -0.2) is 24.1 Å². The number of hydrogen-bond acceptors (Lipinski definition) is 4. The fourth-order valence-corrected chi connectivity index (χ4v) is 3.91. The molecule has 17 heavy (non-hydrogen) atoms. The normalized spacial score (nSPS) is 33.8. The molecular formula is C13H21N3S. The third-order valence-electron chi connectivity index (χ3n) is 4.13. The van der Waals surface area contributed by atoms with Gasteiger partial charge in [0, 0.05) is 24.2 Å². The van der Waals surface area contributed by atoms with Gasteiger partial charge in [0.05, 0.1) is 5.54 Å². The van der Waals surface area contributed by atoms with E-state index in [1.807, 2.05) is 17.5 Å². The molecule has 2 fully saturated rings. The quantitative estimate of drug-likeness (QED) is 0.860. The first-order chi connectivity index (χ1) is 8.35. The van der Waals surface area contributed by atoms with Crippen LogP contribution in [0.5, 0.6) is 0 Å². The molecular weight excluding hydrogens is 230 g/mol. The van der Waals surface area contributed by atoms with Crippen LogP contribution in [0, 0.1) is 5.92 Å². The van der Waals surface area contributed by atoms with Crippen molar-refractivity contribution in [2.24, 2.45) is 5.92 Å². The third-order valence-corrected chi connectivity index (χ3v) is 5.08. The second kappa shape index (κ2) is 4.67. The fraction of sp³-hybridized carbons (Fsp3) is 0.769. The first kappa shape index (κ1) is 11.6. The number of piperidine rings is 1. The fourth-order valence-electron chi connectivity index (χ4n) is 3.00. The van der Waals surface area contributed by atoms with Gasteiger partial charge < -0.3 is 10.6 Å². The van der Waals surface area contributed by atoms with E-state index in [4.69, 9.17) is 0 Å². The van der Waals surface area contributed by atoms with Crippen LogP contribution < -0.4 is 10.6 Å². The first-order valence-electron chi connectivity index (χ1n) is 6.73. The van der Waals surface area contributed by atoms with Crippen molar-refractivity contribution < 1.29 is 0 Å². The Hall–Kier alpha value is -0.450. The molecule has 2 unspecified atom stereocenters. The van der Waals surface area contributed by atoms with Crippen LogP contribution in [0.4, 0.5) is 0 Å². The van der Waals surface area contributed by atoms with Crippen molar-refractivity contribution in [3.63, 3.8) is 0 Å². The van der Waals surface area contributed by atoms with Gasteiger partial charge in [0.1, 0.15) is 5.01 Å². The molecule has 0 amide bonds. The summed E-state index contributed by atoms with van der Waals surface area (Å²) in [4.78, 5) is 4.62. The van der Waals surface area contributed by atoms with Crippen molar-refractivity contribution in [1.82, 2.24) is 15.6 Å². The van der Waals surface area contributed by atoms with E-state index in [1.165, 1.54) is 30.7 Å². The highest BCUT2D eigenvalue weighted by Gasteiger charge is 2.46. The summed E-state index contributed by atoms with van der Waals surface area (Å²) in [6, 6.07) is 0.742. The molecule has 1 aromatic rings. The molecule has 2 heterocycles. The van der Waals surface area contributed by atoms with Crippen molar-refractivity contribution in [3.8, 4) is 0 Å². The number of nitrogens with one attached hydrogen (secondary N) is 2. The summed E-state index contributed by atoms with van der Waals surface area (Å²) in [5.74, 6) is 0.669. The average Bonchev–Trinajstić information content (AvgIpc) is 2.99. The topological polar surface area (TPSA) is 37.0 Å². The number of rotatable bonds is 4. The summed E-state index contributed by atoms with van der Waals surface area (Å²) in [6.45, 7) is 4.53. The van der Waals surface area contributed by atoms with Crippen LogP contribution in [0.25, 0.3) is 0 Å². The van der Waals surface area contributed by atoms with Gasteiger partial charge in [0.25, 0.3) is 0 Å². The zero-order chi connectivity index (χ0) is 11.7. The predicted octanol–water partition coefficient (Wildman–Crippen LogP) is 2.11. The van der Waals surface area contributed by atoms with Gasteiger partial charge in [-0.25, -0.2) is 4.98 Å². The number of hydrogen-bond donors (Lipinski definition) is 2. The zero-order valence-electron chi connectivity index (χ0n) is 10.4. The number of nitrogens with zero attached hydrogens (tertiary/aromatic N) is 1. The Balaban J connectivity index is 1.92. The highest BCUT2D eigenvalue weighted by atomic mass is 32.1. The van der Waals surface area contributed by atoms with Gasteiger partial charge in [0.15, 0.2) is 0 Å². The molecule has 3 nitrogen and oxygen atoms in total. The van der Waals surface area contributed by atoms with Crippen LogP contribution in [0.1, 0.15) is 37.6 Å². The van der Waals surface area contributed by atoms with E-state index in [-0.39, 0.29) is 5.54 Å². The largest absolute Gasteiger partial charge is 0.316 e. The molecule has 2 atom stereocenters. The summed E-state index contributed by atoms with van der Waals surface area (Å²) < 4.78 is 0. The summed E-state index contributed by atoms with van der Waals surface area (Å²) in [7, 11) is 0. The monoisotopic (exact) mass is 251 g/mol. The maximum atomic E-state index is 4.62. The molecule has 0 bridgehead atoms. The predicted molar refractivity (Wildman–Crippen MR) is 71.2 cm³/mol. The maximum absolute atomic E-state index is 4.62. The van der Waals surface area contributed by atoms with Gasteiger partial charge >= 0.3 is 0 Å². The third kappa shape index (κ3) is 2.14. The molecule has 2 aliphatic rings. The lowest BCUT2D eigenvalue weighted by molar-refractivity contribution is 0.146. The molecule has 1 saturated carbocycles. The minimum atomic E-state index is 0.148. The Morgan fingerprint density at radius 1 is 1.59 bits per heavy atom. The van der Waals surface area contributed by atoms with Gasteiger partial charge in [-0.05, 0) is 38.1 Å². The van der Waals surface area contributed by atoms with Gasteiger partial charge in [-0.2, -0.15) is 0 Å². The highest BCUT2D eigenvalue weighted by Crippen LogP contribution is 2.40. The Kier molecular flexibility index (Phi) is 3.19. The molecule has 2 N–H and O–H groups in total. The van der Waals surface area contributed by atoms with Crippen molar-refractivity contribution in [2.45, 2.75) is 44.2 Å². The Bertz CT molecular complexity index is 361. The average molecular weight is 251 g/mol. The van der Waals surface area contributed by atoms with Crippen LogP contribution in [0.2, 0.25) is 0 Å². The molecule has 1 aliphatic carbocycles. The molecule has 94 valence electrons. The second-order valence-electron chi connectivity index (χ2n) is 5.29. The standard InChI is InChI=1S/C13H21N3S/c1-2-10-9-14-6-5-13(10,16-11-3-4-11)12-15-7-8-17-12/h7-8,10-11,14,16H,2-6,9H2,1H3. The van der Waals surface area contributed by atoms with E-state index in [1.54, 1.807) is 0 Å². The van der Waals surface area contributed by atoms with Crippen LogP contribution >= 0.6 is 11.3 Å². The molecule has 0 radical (unpaired) electrons. The van der Waals surface area contributed by atoms with Crippen LogP contribution in [0.3, 0.4) is 0 Å². The van der Waals surface area contributed by atoms with Crippen molar-refractivity contribution >= 4 is 11.3 Å². The SMILES string of the molecule is CCC1CNCCC1(NC1CC1)c1nccs1. The summed E-state index contributed by atoms with van der Waals surface area (Å²) in [6.07, 6.45) is 7.03. The van der Waals surface area contributed by atoms with E-state index in [9.17, 15) is 0 Å². The Labute approximate surface area is 107 Å². The number of aromatic nitrogens is 1. The van der Waals surface area contributed by atoms with E-state index in [2.05, 4.69) is 27.9 Å². The smallest absolute Gasteiger partial charge is 0.113 e. The lowest BCUT2D eigenvalue weighted by atomic mass is 9.77. The van der Waals surface area contributed by atoms with E-state index >= 15 is 0 Å². The Morgan fingerprint density at radius 2 is 2.47 bits per heavy atom. The van der Waals surface area contributed by atoms with Crippen molar-refractivity contribution in [3.05, 3.63) is 16.6 Å². The van der Waals surface area contributed by atoms with Crippen LogP contribution in [0.15, 0.2) is 11.6 Å². The first-order valence-corrected chi connectivity index (χ1v) is 7.61. The maximum Gasteiger partial charge on any atom is 0.113 e. The second-order valence-corrected chi connectivity index (χ2v) is 6.18. The summed E-state index contributed by atoms with van der Waals surface area (Å²) in [5.41, 5.74) is 0.148. The molecule has 1 saturated heterocycles. The van der Waals surface area contributed by atoms with Crippen molar-refractivity contribution in [2.75, 3.05) is 13.1 Å². The van der Waals surface area contributed by atoms with Crippen molar-refractivity contribution in [1.29, 1.82) is 0 Å². The minimum Gasteiger partial charge on any atom is -0.316 e. The lowest BCUT2D eigenvalue weighted by Crippen LogP contribution is -2.57. The summed E-state index contributed by atoms with van der Waals surface area (Å²) >= 11 is 1.82. The Morgan fingerprint density at radius 3 is 3.12 bits per heavy atom. The van der Waals surface area contributed by atoms with Crippen LogP contribution in [-0.2, 0) is 5.54 Å². The molecule has 3 rings (SSSR count). The van der Waals surface area contributed by atoms with E-state index in [0.717, 1.165) is 19.1 Å². The number of thiazole rings is 1. The van der Waals surface area contributed by atoms with Gasteiger partial charge in [0.2, 0.25) is 0 Å². The van der Waals surface area contributed by atoms with E-state index < -0.39 is 0 Å².